The summed E-state index contributed by atoms with van der Waals surface area (Å²) in [4.78, 5) is 20.0. The van der Waals surface area contributed by atoms with Crippen LogP contribution in [-0.2, 0) is 0 Å². The van der Waals surface area contributed by atoms with Crippen LogP contribution >= 0.6 is 23.2 Å². The fraction of sp³-hybridized carbons (Fsp3) is 0.286. The topological polar surface area (TPSA) is 107 Å². The highest BCUT2D eigenvalue weighted by molar-refractivity contribution is 6.42. The lowest BCUT2D eigenvalue weighted by atomic mass is 10.3. The Hall–Kier alpha value is -2.32. The van der Waals surface area contributed by atoms with Crippen molar-refractivity contribution < 1.29 is 9.66 Å². The van der Waals surface area contributed by atoms with E-state index in [-0.39, 0.29) is 17.6 Å². The molecule has 1 atom stereocenters. The van der Waals surface area contributed by atoms with E-state index >= 15 is 0 Å². The van der Waals surface area contributed by atoms with E-state index < -0.39 is 4.92 Å². The van der Waals surface area contributed by atoms with Gasteiger partial charge in [-0.3, -0.25) is 10.1 Å². The minimum Gasteiger partial charge on any atom is -0.488 e. The van der Waals surface area contributed by atoms with Gasteiger partial charge in [0.15, 0.2) is 0 Å². The zero-order valence-electron chi connectivity index (χ0n) is 12.4. The minimum absolute atomic E-state index is 0.0812. The van der Waals surface area contributed by atoms with Gasteiger partial charge in [-0.15, -0.1) is 0 Å². The number of ether oxygens (including phenoxy) is 1. The van der Waals surface area contributed by atoms with Crippen molar-refractivity contribution in [3.8, 4) is 5.75 Å². The zero-order valence-corrected chi connectivity index (χ0v) is 13.9. The zero-order chi connectivity index (χ0) is 17.3. The Morgan fingerprint density at radius 1 is 1.38 bits per heavy atom. The molecule has 2 N–H and O–H groups in total. The predicted octanol–water partition coefficient (Wildman–Crippen LogP) is 2.93. The van der Waals surface area contributed by atoms with E-state index in [1.165, 1.54) is 0 Å². The molecular weight excluding hydrogens is 357 g/mol. The second-order valence-corrected chi connectivity index (χ2v) is 6.06. The van der Waals surface area contributed by atoms with Crippen LogP contribution in [0.3, 0.4) is 0 Å². The van der Waals surface area contributed by atoms with Crippen LogP contribution in [-0.4, -0.2) is 34.1 Å². The van der Waals surface area contributed by atoms with Gasteiger partial charge in [0, 0.05) is 19.0 Å². The van der Waals surface area contributed by atoms with Crippen molar-refractivity contribution in [2.24, 2.45) is 0 Å². The summed E-state index contributed by atoms with van der Waals surface area (Å²) in [6, 6.07) is 5.08. The quantitative estimate of drug-likeness (QED) is 0.651. The van der Waals surface area contributed by atoms with Crippen LogP contribution in [0.25, 0.3) is 0 Å². The Labute approximate surface area is 147 Å². The molecule has 1 aliphatic heterocycles. The van der Waals surface area contributed by atoms with Gasteiger partial charge in [-0.25, -0.2) is 4.98 Å². The number of anilines is 2. The van der Waals surface area contributed by atoms with Crippen LogP contribution in [0.4, 0.5) is 17.5 Å². The molecule has 24 heavy (non-hydrogen) atoms. The summed E-state index contributed by atoms with van der Waals surface area (Å²) in [5.41, 5.74) is 5.30. The third kappa shape index (κ3) is 3.44. The standard InChI is InChI=1S/C14H13Cl2N5O3/c15-10-2-1-8(5-11(10)16)24-9-3-4-20(7-9)14-18-6-12(21(22)23)13(17)19-14/h1-2,5-6,9H,3-4,7H2,(H2,17,18,19). The van der Waals surface area contributed by atoms with E-state index in [1.54, 1.807) is 18.2 Å². The summed E-state index contributed by atoms with van der Waals surface area (Å²) in [6.07, 6.45) is 1.79. The summed E-state index contributed by atoms with van der Waals surface area (Å²) in [5.74, 6) is 0.817. The van der Waals surface area contributed by atoms with E-state index in [2.05, 4.69) is 9.97 Å². The lowest BCUT2D eigenvalue weighted by molar-refractivity contribution is -0.384. The average Bonchev–Trinajstić information content (AvgIpc) is 2.99. The number of hydrogen-bond donors (Lipinski definition) is 1. The Bertz CT molecular complexity index is 789. The van der Waals surface area contributed by atoms with Crippen molar-refractivity contribution in [3.05, 3.63) is 44.6 Å². The summed E-state index contributed by atoms with van der Waals surface area (Å²) in [5, 5.41) is 11.6. The van der Waals surface area contributed by atoms with Gasteiger partial charge in [0.05, 0.1) is 21.5 Å². The number of hydrogen-bond acceptors (Lipinski definition) is 7. The normalized spacial score (nSPS) is 17.1. The fourth-order valence-corrected chi connectivity index (χ4v) is 2.71. The van der Waals surface area contributed by atoms with E-state index in [0.717, 1.165) is 12.6 Å². The molecule has 0 radical (unpaired) electrons. The SMILES string of the molecule is Nc1nc(N2CCC(Oc3ccc(Cl)c(Cl)c3)C2)ncc1[N+](=O)[O-]. The summed E-state index contributed by atoms with van der Waals surface area (Å²) < 4.78 is 5.88. The monoisotopic (exact) mass is 369 g/mol. The van der Waals surface area contributed by atoms with Gasteiger partial charge in [-0.05, 0) is 12.1 Å². The van der Waals surface area contributed by atoms with Crippen molar-refractivity contribution in [2.75, 3.05) is 23.7 Å². The highest BCUT2D eigenvalue weighted by Gasteiger charge is 2.27. The maximum Gasteiger partial charge on any atom is 0.329 e. The number of nitrogen functional groups attached to an aromatic ring is 1. The first-order valence-electron chi connectivity index (χ1n) is 7.07. The van der Waals surface area contributed by atoms with E-state index in [1.807, 2.05) is 4.90 Å². The fourth-order valence-electron chi connectivity index (χ4n) is 2.42. The van der Waals surface area contributed by atoms with Crippen molar-refractivity contribution in [2.45, 2.75) is 12.5 Å². The summed E-state index contributed by atoms with van der Waals surface area (Å²) in [7, 11) is 0. The molecule has 0 spiro atoms. The second-order valence-electron chi connectivity index (χ2n) is 5.25. The molecule has 0 bridgehead atoms. The maximum atomic E-state index is 10.8. The van der Waals surface area contributed by atoms with Crippen LogP contribution in [0.5, 0.6) is 5.75 Å². The molecule has 1 unspecified atom stereocenters. The van der Waals surface area contributed by atoms with Crippen molar-refractivity contribution >= 4 is 40.7 Å². The van der Waals surface area contributed by atoms with Gasteiger partial charge in [0.25, 0.3) is 0 Å². The minimum atomic E-state index is -0.612. The molecular formula is C14H13Cl2N5O3. The second kappa shape index (κ2) is 6.66. The molecule has 2 aromatic rings. The van der Waals surface area contributed by atoms with Gasteiger partial charge in [0.2, 0.25) is 11.8 Å². The number of nitrogens with two attached hydrogens (primary N) is 1. The molecule has 1 aliphatic rings. The van der Waals surface area contributed by atoms with Gasteiger partial charge in [-0.2, -0.15) is 4.98 Å². The number of nitrogens with zero attached hydrogens (tertiary/aromatic N) is 4. The first-order valence-corrected chi connectivity index (χ1v) is 7.83. The highest BCUT2D eigenvalue weighted by Crippen LogP contribution is 2.29. The van der Waals surface area contributed by atoms with Crippen LogP contribution in [0.1, 0.15) is 6.42 Å². The van der Waals surface area contributed by atoms with Crippen molar-refractivity contribution in [3.63, 3.8) is 0 Å². The van der Waals surface area contributed by atoms with Crippen LogP contribution < -0.4 is 15.4 Å². The van der Waals surface area contributed by atoms with Crippen molar-refractivity contribution in [1.82, 2.24) is 9.97 Å². The third-order valence-electron chi connectivity index (χ3n) is 3.60. The molecule has 1 aromatic carbocycles. The van der Waals surface area contributed by atoms with Gasteiger partial charge in [-0.1, -0.05) is 23.2 Å². The number of halogens is 2. The van der Waals surface area contributed by atoms with E-state index in [4.69, 9.17) is 33.7 Å². The Morgan fingerprint density at radius 2 is 2.17 bits per heavy atom. The van der Waals surface area contributed by atoms with Crippen molar-refractivity contribution in [1.29, 1.82) is 0 Å². The highest BCUT2D eigenvalue weighted by atomic mass is 35.5. The molecule has 3 rings (SSSR count). The molecule has 8 nitrogen and oxygen atoms in total. The lowest BCUT2D eigenvalue weighted by Gasteiger charge is -2.17. The molecule has 10 heteroatoms. The molecule has 1 fully saturated rings. The molecule has 2 heterocycles. The molecule has 1 aromatic heterocycles. The molecule has 0 amide bonds. The molecule has 1 saturated heterocycles. The number of nitro groups is 1. The van der Waals surface area contributed by atoms with Crippen LogP contribution in [0.15, 0.2) is 24.4 Å². The Kier molecular flexibility index (Phi) is 4.59. The number of benzene rings is 1. The summed E-state index contributed by atoms with van der Waals surface area (Å²) >= 11 is 11.8. The van der Waals surface area contributed by atoms with Gasteiger partial charge >= 0.3 is 5.69 Å². The van der Waals surface area contributed by atoms with Crippen LogP contribution in [0, 0.1) is 10.1 Å². The summed E-state index contributed by atoms with van der Waals surface area (Å²) in [6.45, 7) is 1.20. The third-order valence-corrected chi connectivity index (χ3v) is 4.34. The molecule has 0 aliphatic carbocycles. The first kappa shape index (κ1) is 16.5. The smallest absolute Gasteiger partial charge is 0.329 e. The maximum absolute atomic E-state index is 10.8. The Balaban J connectivity index is 1.68. The van der Waals surface area contributed by atoms with Crippen LogP contribution in [0.2, 0.25) is 10.0 Å². The Morgan fingerprint density at radius 3 is 2.83 bits per heavy atom. The van der Waals surface area contributed by atoms with E-state index in [0.29, 0.717) is 34.8 Å². The van der Waals surface area contributed by atoms with Gasteiger partial charge < -0.3 is 15.4 Å². The largest absolute Gasteiger partial charge is 0.488 e. The first-order chi connectivity index (χ1) is 11.4. The molecule has 0 saturated carbocycles. The average molecular weight is 370 g/mol. The predicted molar refractivity (Wildman–Crippen MR) is 90.8 cm³/mol. The number of aromatic nitrogens is 2. The van der Waals surface area contributed by atoms with Gasteiger partial charge in [0.1, 0.15) is 18.1 Å². The lowest BCUT2D eigenvalue weighted by Crippen LogP contribution is -2.26. The number of rotatable bonds is 4. The van der Waals surface area contributed by atoms with E-state index in [9.17, 15) is 10.1 Å². The molecule has 126 valence electrons.